The smallest absolute Gasteiger partial charge is 0.0362 e. The van der Waals surface area contributed by atoms with Crippen molar-refractivity contribution >= 4 is 28.4 Å². The van der Waals surface area contributed by atoms with Crippen LogP contribution in [0.5, 0.6) is 0 Å². The molecule has 32 heavy (non-hydrogen) atoms. The van der Waals surface area contributed by atoms with Gasteiger partial charge in [-0.1, -0.05) is 49.9 Å². The summed E-state index contributed by atoms with van der Waals surface area (Å²) in [6.45, 7) is 11.5. The molecule has 4 rings (SSSR count). The zero-order valence-electron chi connectivity index (χ0n) is 21.8. The average molecular weight is 587 g/mol. The molecule has 0 N–H and O–H groups in total. The minimum Gasteiger partial charge on any atom is -1.00 e. The van der Waals surface area contributed by atoms with Crippen LogP contribution in [-0.4, -0.2) is 17.6 Å². The van der Waals surface area contributed by atoms with Crippen molar-refractivity contribution in [2.24, 2.45) is 0 Å². The summed E-state index contributed by atoms with van der Waals surface area (Å²) in [6, 6.07) is 21.3. The van der Waals surface area contributed by atoms with E-state index >= 15 is 0 Å². The molecule has 0 aliphatic heterocycles. The summed E-state index contributed by atoms with van der Waals surface area (Å²) in [5, 5.41) is 2.83. The summed E-state index contributed by atoms with van der Waals surface area (Å²) in [5.74, 6) is 0. The van der Waals surface area contributed by atoms with E-state index in [2.05, 4.69) is 87.3 Å². The van der Waals surface area contributed by atoms with Crippen molar-refractivity contribution in [1.82, 2.24) is 0 Å². The molecule has 0 atom stereocenters. The van der Waals surface area contributed by atoms with E-state index in [1.165, 1.54) is 41.6 Å². The minimum absolute atomic E-state index is 0. The van der Waals surface area contributed by atoms with Crippen molar-refractivity contribution in [3.63, 3.8) is 0 Å². The molecule has 0 nitrogen and oxygen atoms in total. The van der Waals surface area contributed by atoms with E-state index in [4.69, 9.17) is 0 Å². The second kappa shape index (κ2) is 22.8. The molecule has 0 fully saturated rings. The van der Waals surface area contributed by atoms with Crippen LogP contribution >= 0.6 is 0 Å². The molecular formula is C27H44Cl2Si2Zr-8. The predicted molar refractivity (Wildman–Crippen MR) is 144 cm³/mol. The van der Waals surface area contributed by atoms with Gasteiger partial charge in [0.25, 0.3) is 0 Å². The monoisotopic (exact) mass is 584 g/mol. The van der Waals surface area contributed by atoms with Crippen LogP contribution in [-0.2, 0) is 45.1 Å². The maximum absolute atomic E-state index is 2.40. The Bertz CT molecular complexity index is 722. The van der Waals surface area contributed by atoms with Crippen molar-refractivity contribution < 1.29 is 51.0 Å². The number of benzene rings is 1. The summed E-state index contributed by atoms with van der Waals surface area (Å²) in [6.07, 6.45) is 3.93. The Hall–Kier alpha value is 0.0769. The summed E-state index contributed by atoms with van der Waals surface area (Å²) < 4.78 is 0. The van der Waals surface area contributed by atoms with Gasteiger partial charge in [-0.3, -0.25) is 0 Å². The molecule has 3 aromatic carbocycles. The van der Waals surface area contributed by atoms with Gasteiger partial charge in [0.05, 0.1) is 0 Å². The summed E-state index contributed by atoms with van der Waals surface area (Å²) >= 11 is 0. The van der Waals surface area contributed by atoms with Crippen LogP contribution in [0, 0.1) is 29.7 Å². The molecule has 0 bridgehead atoms. The second-order valence-corrected chi connectivity index (χ2v) is 14.6. The fourth-order valence-corrected chi connectivity index (χ4v) is 4.81. The number of halogens is 2. The van der Waals surface area contributed by atoms with Gasteiger partial charge in [-0.25, -0.2) is 11.6 Å². The van der Waals surface area contributed by atoms with Gasteiger partial charge >= 0.3 is 0 Å². The quantitative estimate of drug-likeness (QED) is 0.320. The van der Waals surface area contributed by atoms with Gasteiger partial charge in [0, 0.05) is 43.8 Å². The first-order valence-electron chi connectivity index (χ1n) is 9.39. The van der Waals surface area contributed by atoms with Crippen LogP contribution < -0.4 is 24.8 Å². The molecule has 3 aromatic rings. The minimum atomic E-state index is -0.862. The third kappa shape index (κ3) is 15.8. The van der Waals surface area contributed by atoms with Crippen molar-refractivity contribution in [3.8, 4) is 0 Å². The van der Waals surface area contributed by atoms with E-state index < -0.39 is 8.07 Å². The molecule has 2 radical (unpaired) electrons. The van der Waals surface area contributed by atoms with Crippen molar-refractivity contribution in [1.29, 1.82) is 0 Å². The molecular weight excluding hydrogens is 543 g/mol. The van der Waals surface area contributed by atoms with E-state index in [-0.39, 0.29) is 80.7 Å². The molecule has 0 aromatic heterocycles. The third-order valence-corrected chi connectivity index (χ3v) is 5.78. The van der Waals surface area contributed by atoms with Gasteiger partial charge in [-0.15, -0.1) is 29.0 Å². The van der Waals surface area contributed by atoms with Crippen LogP contribution in [0.15, 0.2) is 54.6 Å². The predicted octanol–water partition coefficient (Wildman–Crippen LogP) is 2.47. The average Bonchev–Trinajstić information content (AvgIpc) is 3.25. The summed E-state index contributed by atoms with van der Waals surface area (Å²) in [5.41, 5.74) is 4.67. The normalized spacial score (nSPS) is 10.0. The first-order chi connectivity index (χ1) is 11.9. The van der Waals surface area contributed by atoms with E-state index in [9.17, 15) is 0 Å². The van der Waals surface area contributed by atoms with Gasteiger partial charge in [-0.2, -0.15) is 30.3 Å². The van der Waals surface area contributed by atoms with Gasteiger partial charge in [0.1, 0.15) is 0 Å². The summed E-state index contributed by atoms with van der Waals surface area (Å²) in [4.78, 5) is 0. The summed E-state index contributed by atoms with van der Waals surface area (Å²) in [7, 11) is 0.222. The maximum atomic E-state index is 2.40. The number of fused-ring (bicyclic) bond motifs is 2. The standard InChI is InChI=1S/C12H11.C9H15Si.C2H6Si.4CH3.2ClH.Zr/c1-3-9-7-11-5-2-6-12(11)8-10(9)4-1;1-10(2,3)8-9-6-4-5-7-9;1-3-2;;;;;;;/h1,3-4,7-8H,2,5-6H2;4-7H,8H2,1-3H3;1-2H3;4*1H3;2*1H;/q2*-1;;4*-1;;;/p-2. The van der Waals surface area contributed by atoms with Crippen molar-refractivity contribution in [2.75, 3.05) is 0 Å². The molecule has 186 valence electrons. The van der Waals surface area contributed by atoms with Crippen LogP contribution in [0.3, 0.4) is 0 Å². The SMILES string of the molecule is C[Si](C)(C)Cc1cc[cH-]c1.C[Si]C.[CH3-].[CH3-].[CH3-].[CH3-].[Cl-].[Cl-].[Zr].c1cc2cc3c(cc2[cH-]1)CCC3. The largest absolute Gasteiger partial charge is 1.00 e. The number of hydrogen-bond donors (Lipinski definition) is 0. The van der Waals surface area contributed by atoms with Gasteiger partial charge < -0.3 is 54.5 Å². The molecule has 0 spiro atoms. The van der Waals surface area contributed by atoms with Crippen LogP contribution in [0.1, 0.15) is 23.1 Å². The molecule has 1 aliphatic carbocycles. The number of hydrogen-bond acceptors (Lipinski definition) is 0. The van der Waals surface area contributed by atoms with Crippen molar-refractivity contribution in [3.05, 3.63) is 101 Å². The van der Waals surface area contributed by atoms with E-state index in [0.29, 0.717) is 0 Å². The molecule has 0 saturated carbocycles. The van der Waals surface area contributed by atoms with E-state index in [0.717, 1.165) is 9.52 Å². The first-order valence-corrected chi connectivity index (χ1v) is 15.1. The Labute approximate surface area is 236 Å². The van der Waals surface area contributed by atoms with Crippen molar-refractivity contribution in [2.45, 2.75) is 58.0 Å². The molecule has 0 heterocycles. The Morgan fingerprint density at radius 1 is 0.875 bits per heavy atom. The van der Waals surface area contributed by atoms with Crippen LogP contribution in [0.4, 0.5) is 0 Å². The van der Waals surface area contributed by atoms with Gasteiger partial charge in [0.2, 0.25) is 0 Å². The van der Waals surface area contributed by atoms with Gasteiger partial charge in [0.15, 0.2) is 0 Å². The fraction of sp³-hybridized carbons (Fsp3) is 0.333. The Morgan fingerprint density at radius 2 is 1.41 bits per heavy atom. The Balaban J connectivity index is -0.0000000795. The molecule has 0 amide bonds. The Kier molecular flexibility index (Phi) is 32.5. The van der Waals surface area contributed by atoms with Crippen LogP contribution in [0.2, 0.25) is 32.7 Å². The fourth-order valence-electron chi connectivity index (χ4n) is 3.35. The molecule has 0 saturated heterocycles. The molecule has 0 unspecified atom stereocenters. The third-order valence-electron chi connectivity index (χ3n) is 4.32. The second-order valence-electron chi connectivity index (χ2n) is 8.16. The molecule has 1 aliphatic rings. The zero-order valence-corrected chi connectivity index (χ0v) is 27.8. The topological polar surface area (TPSA) is 0 Å². The number of rotatable bonds is 2. The maximum Gasteiger partial charge on any atom is 0.0362 e. The first kappa shape index (κ1) is 45.6. The number of aryl methyl sites for hydroxylation is 2. The molecule has 5 heteroatoms. The Morgan fingerprint density at radius 3 is 1.88 bits per heavy atom. The van der Waals surface area contributed by atoms with E-state index in [1.54, 1.807) is 11.1 Å². The van der Waals surface area contributed by atoms with E-state index in [1.807, 2.05) is 0 Å². The van der Waals surface area contributed by atoms with Gasteiger partial charge in [-0.05, 0) is 19.3 Å². The zero-order chi connectivity index (χ0) is 18.3. The van der Waals surface area contributed by atoms with Crippen LogP contribution in [0.25, 0.3) is 10.8 Å².